The molecule has 1 aliphatic heterocycles. The monoisotopic (exact) mass is 372 g/mol. The van der Waals surface area contributed by atoms with Crippen LogP contribution in [-0.2, 0) is 14.2 Å². The molecule has 8 heteroatoms. The summed E-state index contributed by atoms with van der Waals surface area (Å²) in [7, 11) is 1.68. The van der Waals surface area contributed by atoms with E-state index in [0.29, 0.717) is 32.2 Å². The Morgan fingerprint density at radius 1 is 1.27 bits per heavy atom. The van der Waals surface area contributed by atoms with E-state index >= 15 is 0 Å². The van der Waals surface area contributed by atoms with Crippen molar-refractivity contribution in [3.05, 3.63) is 0 Å². The van der Waals surface area contributed by atoms with Crippen molar-refractivity contribution in [2.75, 3.05) is 59.7 Å². The lowest BCUT2D eigenvalue weighted by atomic mass is 10.1. The highest BCUT2D eigenvalue weighted by Gasteiger charge is 2.25. The molecule has 1 heterocycles. The minimum Gasteiger partial charge on any atom is -0.444 e. The molecule has 0 bridgehead atoms. The van der Waals surface area contributed by atoms with Crippen LogP contribution in [0, 0.1) is 5.92 Å². The number of likely N-dealkylation sites (tertiary alicyclic amines) is 1. The zero-order valence-corrected chi connectivity index (χ0v) is 17.0. The van der Waals surface area contributed by atoms with Gasteiger partial charge in [0.2, 0.25) is 0 Å². The second kappa shape index (κ2) is 12.0. The minimum atomic E-state index is -0.488. The third-order valence-corrected chi connectivity index (χ3v) is 3.75. The van der Waals surface area contributed by atoms with E-state index < -0.39 is 11.7 Å². The summed E-state index contributed by atoms with van der Waals surface area (Å²) in [5, 5.41) is 6.05. The Hall–Kier alpha value is -1.54. The molecule has 0 spiro atoms. The SMILES string of the molecule is CCNC(=NCCNC(=O)OC(C)(C)C)N1CCC(COCCOC)C1. The van der Waals surface area contributed by atoms with E-state index in [0.717, 1.165) is 38.6 Å². The molecule has 0 aromatic rings. The van der Waals surface area contributed by atoms with Crippen molar-refractivity contribution >= 4 is 12.1 Å². The number of rotatable bonds is 9. The second-order valence-electron chi connectivity index (χ2n) is 7.33. The van der Waals surface area contributed by atoms with Crippen LogP contribution in [0.5, 0.6) is 0 Å². The molecule has 0 saturated carbocycles. The predicted octanol–water partition coefficient (Wildman–Crippen LogP) is 1.46. The van der Waals surface area contributed by atoms with Gasteiger partial charge >= 0.3 is 6.09 Å². The molecule has 1 unspecified atom stereocenters. The van der Waals surface area contributed by atoms with E-state index in [-0.39, 0.29) is 0 Å². The zero-order valence-electron chi connectivity index (χ0n) is 17.0. The molecule has 0 radical (unpaired) electrons. The quantitative estimate of drug-likeness (QED) is 0.362. The van der Waals surface area contributed by atoms with Gasteiger partial charge in [-0.25, -0.2) is 4.79 Å². The van der Waals surface area contributed by atoms with E-state index in [2.05, 4.69) is 27.4 Å². The van der Waals surface area contributed by atoms with E-state index in [1.165, 1.54) is 0 Å². The largest absolute Gasteiger partial charge is 0.444 e. The Morgan fingerprint density at radius 2 is 2.04 bits per heavy atom. The molecular weight excluding hydrogens is 336 g/mol. The molecule has 1 atom stereocenters. The Kier molecular flexibility index (Phi) is 10.3. The smallest absolute Gasteiger partial charge is 0.407 e. The molecule has 26 heavy (non-hydrogen) atoms. The third kappa shape index (κ3) is 9.82. The Bertz CT molecular complexity index is 437. The van der Waals surface area contributed by atoms with Crippen LogP contribution in [0.15, 0.2) is 4.99 Å². The van der Waals surface area contributed by atoms with E-state index in [1.807, 2.05) is 20.8 Å². The number of nitrogens with one attached hydrogen (secondary N) is 2. The Labute approximate surface area is 157 Å². The van der Waals surface area contributed by atoms with Crippen molar-refractivity contribution in [1.29, 1.82) is 0 Å². The van der Waals surface area contributed by atoms with E-state index in [1.54, 1.807) is 7.11 Å². The third-order valence-electron chi connectivity index (χ3n) is 3.75. The highest BCUT2D eigenvalue weighted by atomic mass is 16.6. The lowest BCUT2D eigenvalue weighted by molar-refractivity contribution is 0.0529. The first-order valence-corrected chi connectivity index (χ1v) is 9.42. The second-order valence-corrected chi connectivity index (χ2v) is 7.33. The van der Waals surface area contributed by atoms with Crippen LogP contribution in [0.25, 0.3) is 0 Å². The fraction of sp³-hybridized carbons (Fsp3) is 0.889. The number of ether oxygens (including phenoxy) is 3. The number of amides is 1. The number of aliphatic imine (C=N–C) groups is 1. The van der Waals surface area contributed by atoms with Gasteiger partial charge < -0.3 is 29.7 Å². The molecule has 1 rings (SSSR count). The maximum Gasteiger partial charge on any atom is 0.407 e. The lowest BCUT2D eigenvalue weighted by Crippen LogP contribution is -2.41. The molecule has 1 amide bonds. The molecule has 1 aliphatic rings. The summed E-state index contributed by atoms with van der Waals surface area (Å²) in [5.41, 5.74) is -0.488. The fourth-order valence-corrected chi connectivity index (χ4v) is 2.61. The Balaban J connectivity index is 2.36. The van der Waals surface area contributed by atoms with Gasteiger partial charge in [0.15, 0.2) is 5.96 Å². The van der Waals surface area contributed by atoms with Crippen LogP contribution in [0.1, 0.15) is 34.1 Å². The van der Waals surface area contributed by atoms with Crippen LogP contribution in [0.3, 0.4) is 0 Å². The first-order chi connectivity index (χ1) is 12.4. The summed E-state index contributed by atoms with van der Waals surface area (Å²) >= 11 is 0. The van der Waals surface area contributed by atoms with E-state index in [4.69, 9.17) is 14.2 Å². The van der Waals surface area contributed by atoms with Crippen LogP contribution >= 0.6 is 0 Å². The number of methoxy groups -OCH3 is 1. The summed E-state index contributed by atoms with van der Waals surface area (Å²) in [5.74, 6) is 1.40. The molecule has 0 aliphatic carbocycles. The van der Waals surface area contributed by atoms with Crippen LogP contribution in [0.2, 0.25) is 0 Å². The van der Waals surface area contributed by atoms with Crippen LogP contribution < -0.4 is 10.6 Å². The van der Waals surface area contributed by atoms with Crippen molar-refractivity contribution in [3.8, 4) is 0 Å². The van der Waals surface area contributed by atoms with Crippen LogP contribution in [-0.4, -0.2) is 82.2 Å². The van der Waals surface area contributed by atoms with Gasteiger partial charge in [0.25, 0.3) is 0 Å². The van der Waals surface area contributed by atoms with Gasteiger partial charge in [-0.2, -0.15) is 0 Å². The number of hydrogen-bond donors (Lipinski definition) is 2. The molecule has 0 aromatic carbocycles. The number of nitrogens with zero attached hydrogens (tertiary/aromatic N) is 2. The van der Waals surface area contributed by atoms with Crippen molar-refractivity contribution < 1.29 is 19.0 Å². The van der Waals surface area contributed by atoms with Gasteiger partial charge in [0.05, 0.1) is 26.4 Å². The number of carbonyl (C=O) groups excluding carboxylic acids is 1. The van der Waals surface area contributed by atoms with Crippen molar-refractivity contribution in [2.24, 2.45) is 10.9 Å². The average molecular weight is 373 g/mol. The maximum atomic E-state index is 11.6. The minimum absolute atomic E-state index is 0.410. The summed E-state index contributed by atoms with van der Waals surface area (Å²) in [6.45, 7) is 13.3. The normalized spacial score (nSPS) is 18.1. The Morgan fingerprint density at radius 3 is 2.69 bits per heavy atom. The van der Waals surface area contributed by atoms with Crippen molar-refractivity contribution in [3.63, 3.8) is 0 Å². The predicted molar refractivity (Wildman–Crippen MR) is 103 cm³/mol. The molecule has 1 fully saturated rings. The number of hydrogen-bond acceptors (Lipinski definition) is 5. The van der Waals surface area contributed by atoms with Gasteiger partial charge in [-0.1, -0.05) is 0 Å². The number of alkyl carbamates (subject to hydrolysis) is 1. The molecule has 1 saturated heterocycles. The molecule has 8 nitrogen and oxygen atoms in total. The van der Waals surface area contributed by atoms with E-state index in [9.17, 15) is 4.79 Å². The summed E-state index contributed by atoms with van der Waals surface area (Å²) in [6, 6.07) is 0. The highest BCUT2D eigenvalue weighted by molar-refractivity contribution is 5.80. The fourth-order valence-electron chi connectivity index (χ4n) is 2.61. The summed E-state index contributed by atoms with van der Waals surface area (Å²) < 4.78 is 15.8. The van der Waals surface area contributed by atoms with Gasteiger partial charge in [-0.05, 0) is 34.1 Å². The van der Waals surface area contributed by atoms with Gasteiger partial charge in [-0.15, -0.1) is 0 Å². The maximum absolute atomic E-state index is 11.6. The summed E-state index contributed by atoms with van der Waals surface area (Å²) in [4.78, 5) is 18.5. The van der Waals surface area contributed by atoms with Gasteiger partial charge in [0, 0.05) is 39.2 Å². The molecule has 0 aromatic heterocycles. The van der Waals surface area contributed by atoms with Crippen molar-refractivity contribution in [1.82, 2.24) is 15.5 Å². The lowest BCUT2D eigenvalue weighted by Gasteiger charge is -2.22. The van der Waals surface area contributed by atoms with Gasteiger partial charge in [-0.3, -0.25) is 4.99 Å². The van der Waals surface area contributed by atoms with Crippen LogP contribution in [0.4, 0.5) is 4.79 Å². The zero-order chi connectivity index (χ0) is 19.4. The molecular formula is C18H36N4O4. The molecule has 2 N–H and O–H groups in total. The first kappa shape index (κ1) is 22.5. The van der Waals surface area contributed by atoms with Crippen molar-refractivity contribution in [2.45, 2.75) is 39.7 Å². The standard InChI is InChI=1S/C18H36N4O4/c1-6-19-16(20-8-9-21-17(23)26-18(2,3)4)22-10-7-15(13-22)14-25-12-11-24-5/h15H,6-14H2,1-5H3,(H,19,20)(H,21,23). The highest BCUT2D eigenvalue weighted by Crippen LogP contribution is 2.16. The number of carbonyl (C=O) groups is 1. The number of guanidine groups is 1. The average Bonchev–Trinajstić information content (AvgIpc) is 3.01. The molecule has 152 valence electrons. The first-order valence-electron chi connectivity index (χ1n) is 9.42. The topological polar surface area (TPSA) is 84.4 Å². The summed E-state index contributed by atoms with van der Waals surface area (Å²) in [6.07, 6.45) is 0.681. The van der Waals surface area contributed by atoms with Gasteiger partial charge in [0.1, 0.15) is 5.60 Å².